The molecule has 0 spiro atoms. The van der Waals surface area contributed by atoms with Crippen LogP contribution in [-0.2, 0) is 0 Å². The van der Waals surface area contributed by atoms with Crippen LogP contribution in [-0.4, -0.2) is 16.0 Å². The van der Waals surface area contributed by atoms with E-state index in [1.54, 1.807) is 0 Å². The lowest BCUT2D eigenvalue weighted by Crippen LogP contribution is -2.23. The van der Waals surface area contributed by atoms with Gasteiger partial charge in [-0.3, -0.25) is 0 Å². The Labute approximate surface area is 58.2 Å². The molecule has 0 bridgehead atoms. The van der Waals surface area contributed by atoms with Gasteiger partial charge in [0.05, 0.1) is 6.10 Å². The molecule has 0 heterocycles. The van der Waals surface area contributed by atoms with Gasteiger partial charge in [-0.25, -0.2) is 0 Å². The van der Waals surface area contributed by atoms with Crippen molar-refractivity contribution in [1.29, 1.82) is 0 Å². The molecule has 0 amide bonds. The molecule has 1 rings (SSSR count). The fourth-order valence-corrected chi connectivity index (χ4v) is 1.65. The second-order valence-electron chi connectivity index (χ2n) is 2.37. The molecule has 2 heteroatoms. The number of hydrogen-bond acceptors (Lipinski definition) is 1. The Morgan fingerprint density at radius 1 is 1.25 bits per heavy atom. The number of alkyl halides is 1. The van der Waals surface area contributed by atoms with Gasteiger partial charge in [-0.2, -0.15) is 0 Å². The van der Waals surface area contributed by atoms with Crippen molar-refractivity contribution in [2.24, 2.45) is 0 Å². The molecular formula is C6H11BrO. The molecule has 0 saturated heterocycles. The van der Waals surface area contributed by atoms with Crippen molar-refractivity contribution in [3.63, 3.8) is 0 Å². The first-order valence-electron chi connectivity index (χ1n) is 3.13. The number of rotatable bonds is 0. The Hall–Kier alpha value is 0.440. The van der Waals surface area contributed by atoms with Crippen LogP contribution in [0.1, 0.15) is 25.7 Å². The molecule has 1 nitrogen and oxygen atoms in total. The van der Waals surface area contributed by atoms with E-state index in [4.69, 9.17) is 5.11 Å². The van der Waals surface area contributed by atoms with Crippen LogP contribution >= 0.6 is 15.9 Å². The molecule has 2 atom stereocenters. The summed E-state index contributed by atoms with van der Waals surface area (Å²) in [5, 5.41) is 9.13. The SMILES string of the molecule is O[C@@H]1CCCC[C@H]1Br. The largest absolute Gasteiger partial charge is 0.392 e. The van der Waals surface area contributed by atoms with Crippen LogP contribution in [0.4, 0.5) is 0 Å². The fourth-order valence-electron chi connectivity index (χ4n) is 1.07. The molecule has 1 aliphatic carbocycles. The van der Waals surface area contributed by atoms with Crippen molar-refractivity contribution >= 4 is 15.9 Å². The summed E-state index contributed by atoms with van der Waals surface area (Å²) in [6.07, 6.45) is 4.51. The summed E-state index contributed by atoms with van der Waals surface area (Å²) in [7, 11) is 0. The van der Waals surface area contributed by atoms with Gasteiger partial charge in [0.1, 0.15) is 0 Å². The maximum Gasteiger partial charge on any atom is 0.0665 e. The predicted octanol–water partition coefficient (Wildman–Crippen LogP) is 1.68. The first-order chi connectivity index (χ1) is 3.80. The van der Waals surface area contributed by atoms with E-state index in [0.717, 1.165) is 12.8 Å². The maximum atomic E-state index is 9.13. The van der Waals surface area contributed by atoms with Gasteiger partial charge in [0.25, 0.3) is 0 Å². The molecule has 1 fully saturated rings. The molecule has 0 aromatic heterocycles. The van der Waals surface area contributed by atoms with Gasteiger partial charge in [0.15, 0.2) is 0 Å². The van der Waals surface area contributed by atoms with E-state index >= 15 is 0 Å². The van der Waals surface area contributed by atoms with E-state index in [1.807, 2.05) is 0 Å². The molecule has 0 aliphatic heterocycles. The topological polar surface area (TPSA) is 20.2 Å². The van der Waals surface area contributed by atoms with E-state index in [-0.39, 0.29) is 6.10 Å². The number of aliphatic hydroxyl groups excluding tert-OH is 1. The minimum atomic E-state index is -0.0799. The van der Waals surface area contributed by atoms with E-state index in [2.05, 4.69) is 15.9 Å². The highest BCUT2D eigenvalue weighted by Crippen LogP contribution is 2.23. The van der Waals surface area contributed by atoms with Gasteiger partial charge in [0.2, 0.25) is 0 Å². The fraction of sp³-hybridized carbons (Fsp3) is 1.00. The van der Waals surface area contributed by atoms with Crippen molar-refractivity contribution in [3.05, 3.63) is 0 Å². The normalized spacial score (nSPS) is 39.8. The third-order valence-corrected chi connectivity index (χ3v) is 2.72. The van der Waals surface area contributed by atoms with Crippen LogP contribution in [0.5, 0.6) is 0 Å². The number of hydrogen-bond donors (Lipinski definition) is 1. The van der Waals surface area contributed by atoms with E-state index < -0.39 is 0 Å². The minimum Gasteiger partial charge on any atom is -0.392 e. The van der Waals surface area contributed by atoms with Crippen molar-refractivity contribution in [2.45, 2.75) is 36.6 Å². The Morgan fingerprint density at radius 2 is 1.88 bits per heavy atom. The highest BCUT2D eigenvalue weighted by atomic mass is 79.9. The summed E-state index contributed by atoms with van der Waals surface area (Å²) in [6.45, 7) is 0. The number of halogens is 1. The van der Waals surface area contributed by atoms with Gasteiger partial charge < -0.3 is 5.11 Å². The Morgan fingerprint density at radius 3 is 2.25 bits per heavy atom. The second-order valence-corrected chi connectivity index (χ2v) is 3.54. The van der Waals surface area contributed by atoms with Crippen molar-refractivity contribution in [2.75, 3.05) is 0 Å². The molecule has 0 radical (unpaired) electrons. The molecule has 0 aromatic rings. The first-order valence-corrected chi connectivity index (χ1v) is 4.04. The predicted molar refractivity (Wildman–Crippen MR) is 37.2 cm³/mol. The van der Waals surface area contributed by atoms with Crippen LogP contribution in [0.25, 0.3) is 0 Å². The van der Waals surface area contributed by atoms with Crippen molar-refractivity contribution in [3.8, 4) is 0 Å². The molecule has 0 unspecified atom stereocenters. The lowest BCUT2D eigenvalue weighted by Gasteiger charge is -2.21. The Bertz CT molecular complexity index is 64.9. The molecule has 1 saturated carbocycles. The molecule has 1 N–H and O–H groups in total. The third kappa shape index (κ3) is 1.46. The zero-order valence-corrected chi connectivity index (χ0v) is 6.39. The van der Waals surface area contributed by atoms with Crippen LogP contribution in [0, 0.1) is 0 Å². The average Bonchev–Trinajstić information content (AvgIpc) is 1.77. The molecule has 8 heavy (non-hydrogen) atoms. The molecular weight excluding hydrogens is 168 g/mol. The van der Waals surface area contributed by atoms with E-state index in [9.17, 15) is 0 Å². The molecule has 48 valence electrons. The molecule has 0 aromatic carbocycles. The maximum absolute atomic E-state index is 9.13. The third-order valence-electron chi connectivity index (χ3n) is 1.65. The summed E-state index contributed by atoms with van der Waals surface area (Å²) in [5.74, 6) is 0. The molecule has 1 aliphatic rings. The van der Waals surface area contributed by atoms with Crippen LogP contribution in [0.15, 0.2) is 0 Å². The first kappa shape index (κ1) is 6.56. The van der Waals surface area contributed by atoms with E-state index in [1.165, 1.54) is 12.8 Å². The monoisotopic (exact) mass is 178 g/mol. The lowest BCUT2D eigenvalue weighted by molar-refractivity contribution is 0.139. The summed E-state index contributed by atoms with van der Waals surface area (Å²) in [6, 6.07) is 0. The zero-order valence-electron chi connectivity index (χ0n) is 4.81. The summed E-state index contributed by atoms with van der Waals surface area (Å²) in [5.41, 5.74) is 0. The lowest BCUT2D eigenvalue weighted by atomic mass is 9.98. The minimum absolute atomic E-state index is 0.0799. The smallest absolute Gasteiger partial charge is 0.0665 e. The van der Waals surface area contributed by atoms with Crippen LogP contribution < -0.4 is 0 Å². The highest BCUT2D eigenvalue weighted by molar-refractivity contribution is 9.09. The van der Waals surface area contributed by atoms with Gasteiger partial charge >= 0.3 is 0 Å². The Kier molecular flexibility index (Phi) is 2.32. The van der Waals surface area contributed by atoms with Gasteiger partial charge in [0, 0.05) is 4.83 Å². The van der Waals surface area contributed by atoms with Gasteiger partial charge in [-0.05, 0) is 12.8 Å². The van der Waals surface area contributed by atoms with Crippen LogP contribution in [0.3, 0.4) is 0 Å². The van der Waals surface area contributed by atoms with Gasteiger partial charge in [-0.1, -0.05) is 28.8 Å². The summed E-state index contributed by atoms with van der Waals surface area (Å²) < 4.78 is 0. The Balaban J connectivity index is 2.28. The number of aliphatic hydroxyl groups is 1. The second kappa shape index (κ2) is 2.83. The standard InChI is InChI=1S/C6H11BrO/c7-5-3-1-2-4-6(5)8/h5-6,8H,1-4H2/t5-,6-/m1/s1. The highest BCUT2D eigenvalue weighted by Gasteiger charge is 2.19. The van der Waals surface area contributed by atoms with Crippen LogP contribution in [0.2, 0.25) is 0 Å². The van der Waals surface area contributed by atoms with Gasteiger partial charge in [-0.15, -0.1) is 0 Å². The summed E-state index contributed by atoms with van der Waals surface area (Å²) >= 11 is 3.40. The van der Waals surface area contributed by atoms with Crippen molar-refractivity contribution < 1.29 is 5.11 Å². The summed E-state index contributed by atoms with van der Waals surface area (Å²) in [4.78, 5) is 0.372. The average molecular weight is 179 g/mol. The zero-order chi connectivity index (χ0) is 5.98. The van der Waals surface area contributed by atoms with Crippen molar-refractivity contribution in [1.82, 2.24) is 0 Å². The quantitative estimate of drug-likeness (QED) is 0.561. The van der Waals surface area contributed by atoms with E-state index in [0.29, 0.717) is 4.83 Å².